The molecule has 0 N–H and O–H groups in total. The van der Waals surface area contributed by atoms with E-state index in [1.165, 1.54) is 19.3 Å². The number of ether oxygens (including phenoxy) is 1. The molecule has 0 spiro atoms. The molecule has 0 amide bonds. The van der Waals surface area contributed by atoms with Gasteiger partial charge >= 0.3 is 12.1 Å². The van der Waals surface area contributed by atoms with Crippen molar-refractivity contribution in [2.45, 2.75) is 71.9 Å². The van der Waals surface area contributed by atoms with E-state index < -0.39 is 0 Å². The zero-order valence-electron chi connectivity index (χ0n) is 12.8. The van der Waals surface area contributed by atoms with Crippen LogP contribution in [0.3, 0.4) is 0 Å². The van der Waals surface area contributed by atoms with Crippen LogP contribution < -0.4 is 0 Å². The molecular formula is C15H25NO4. The minimum absolute atomic E-state index is 0.0715. The molecule has 1 aliphatic carbocycles. The van der Waals surface area contributed by atoms with Crippen LogP contribution in [-0.4, -0.2) is 30.0 Å². The van der Waals surface area contributed by atoms with Crippen molar-refractivity contribution >= 4 is 17.8 Å². The van der Waals surface area contributed by atoms with Gasteiger partial charge in [-0.05, 0) is 26.7 Å². The van der Waals surface area contributed by atoms with Gasteiger partial charge in [0.15, 0.2) is 0 Å². The van der Waals surface area contributed by atoms with Gasteiger partial charge < -0.3 is 4.74 Å². The van der Waals surface area contributed by atoms with E-state index in [-0.39, 0.29) is 24.1 Å². The van der Waals surface area contributed by atoms with Crippen molar-refractivity contribution in [2.75, 3.05) is 0 Å². The molecule has 5 nitrogen and oxygen atoms in total. The van der Waals surface area contributed by atoms with Crippen molar-refractivity contribution in [3.63, 3.8) is 0 Å². The van der Waals surface area contributed by atoms with Crippen molar-refractivity contribution in [2.24, 2.45) is 10.9 Å². The fraction of sp³-hybridized carbons (Fsp3) is 0.800. The lowest BCUT2D eigenvalue weighted by molar-refractivity contribution is -0.191. The van der Waals surface area contributed by atoms with Crippen LogP contribution in [0.1, 0.15) is 59.8 Å². The Hall–Kier alpha value is -1.48. The third kappa shape index (κ3) is 7.85. The van der Waals surface area contributed by atoms with Gasteiger partial charge in [-0.25, -0.2) is 4.79 Å². The lowest BCUT2D eigenvalue weighted by Gasteiger charge is -2.20. The smallest absolute Gasteiger partial charge is 0.373 e. The summed E-state index contributed by atoms with van der Waals surface area (Å²) in [6, 6.07) is 0.334. The van der Waals surface area contributed by atoms with Gasteiger partial charge in [-0.2, -0.15) is 9.59 Å². The number of rotatable bonds is 4. The van der Waals surface area contributed by atoms with E-state index in [4.69, 9.17) is 14.3 Å². The molecule has 114 valence electrons. The quantitative estimate of drug-likeness (QED) is 0.587. The summed E-state index contributed by atoms with van der Waals surface area (Å²) < 4.78 is 5.25. The second-order valence-corrected chi connectivity index (χ2v) is 5.50. The monoisotopic (exact) mass is 283 g/mol. The van der Waals surface area contributed by atoms with Crippen LogP contribution in [0, 0.1) is 5.92 Å². The Kier molecular flexibility index (Phi) is 9.56. The standard InChI is InChI=1S/C14H25NO2.CO2/c1-10(2)13(14(16)17-11(3)4)15-12-8-6-5-7-9-12;2-1-3/h10-12H,5-9H2,1-4H3;. The van der Waals surface area contributed by atoms with Gasteiger partial charge in [-0.15, -0.1) is 0 Å². The number of esters is 1. The van der Waals surface area contributed by atoms with Crippen LogP contribution in [0.2, 0.25) is 0 Å². The Morgan fingerprint density at radius 3 is 2.00 bits per heavy atom. The maximum absolute atomic E-state index is 11.9. The molecule has 0 saturated heterocycles. The molecule has 5 heteroatoms. The maximum atomic E-state index is 11.9. The molecular weight excluding hydrogens is 258 g/mol. The third-order valence-electron chi connectivity index (χ3n) is 3.00. The summed E-state index contributed by atoms with van der Waals surface area (Å²) in [7, 11) is 0. The molecule has 0 aromatic carbocycles. The van der Waals surface area contributed by atoms with E-state index in [2.05, 4.69) is 4.99 Å². The van der Waals surface area contributed by atoms with Crippen LogP contribution in [0.5, 0.6) is 0 Å². The predicted molar refractivity (Wildman–Crippen MR) is 75.4 cm³/mol. The minimum atomic E-state index is -0.236. The Bertz CT molecular complexity index is 349. The Balaban J connectivity index is 0.00000110. The molecule has 1 saturated carbocycles. The zero-order chi connectivity index (χ0) is 15.5. The minimum Gasteiger partial charge on any atom is -0.458 e. The highest BCUT2D eigenvalue weighted by molar-refractivity contribution is 6.37. The summed E-state index contributed by atoms with van der Waals surface area (Å²) in [4.78, 5) is 32.8. The van der Waals surface area contributed by atoms with Crippen molar-refractivity contribution in [1.29, 1.82) is 0 Å². The largest absolute Gasteiger partial charge is 0.458 e. The first kappa shape index (κ1) is 18.5. The zero-order valence-corrected chi connectivity index (χ0v) is 12.8. The molecule has 0 atom stereocenters. The summed E-state index contributed by atoms with van der Waals surface area (Å²) in [5, 5.41) is 0. The highest BCUT2D eigenvalue weighted by Gasteiger charge is 2.21. The molecule has 1 aliphatic rings. The van der Waals surface area contributed by atoms with Crippen LogP contribution in [-0.2, 0) is 19.1 Å². The average Bonchev–Trinajstić information content (AvgIpc) is 2.36. The van der Waals surface area contributed by atoms with Crippen molar-refractivity contribution < 1.29 is 19.1 Å². The molecule has 1 fully saturated rings. The first-order valence-corrected chi connectivity index (χ1v) is 7.20. The van der Waals surface area contributed by atoms with Gasteiger partial charge in [0.1, 0.15) is 5.71 Å². The molecule has 0 bridgehead atoms. The molecule has 0 aromatic rings. The third-order valence-corrected chi connectivity index (χ3v) is 3.00. The van der Waals surface area contributed by atoms with Crippen molar-refractivity contribution in [3.05, 3.63) is 0 Å². The number of aliphatic imine (C=N–C) groups is 1. The lowest BCUT2D eigenvalue weighted by atomic mass is 9.95. The van der Waals surface area contributed by atoms with Gasteiger partial charge in [-0.1, -0.05) is 33.1 Å². The van der Waals surface area contributed by atoms with Gasteiger partial charge in [0.05, 0.1) is 12.1 Å². The SMILES string of the molecule is CC(C)OC(=O)C(=NC1CCCCC1)C(C)C.O=C=O. The number of nitrogens with zero attached hydrogens (tertiary/aromatic N) is 1. The fourth-order valence-corrected chi connectivity index (χ4v) is 2.12. The van der Waals surface area contributed by atoms with Crippen LogP contribution in [0.25, 0.3) is 0 Å². The Morgan fingerprint density at radius 1 is 1.10 bits per heavy atom. The molecule has 0 radical (unpaired) electrons. The van der Waals surface area contributed by atoms with E-state index in [0.717, 1.165) is 12.8 Å². The van der Waals surface area contributed by atoms with Gasteiger partial charge in [0.2, 0.25) is 0 Å². The summed E-state index contributed by atoms with van der Waals surface area (Å²) in [5.41, 5.74) is 0.616. The molecule has 0 heterocycles. The first-order valence-electron chi connectivity index (χ1n) is 7.20. The molecule has 1 rings (SSSR count). The van der Waals surface area contributed by atoms with Crippen LogP contribution >= 0.6 is 0 Å². The summed E-state index contributed by atoms with van der Waals surface area (Å²) in [6.45, 7) is 7.75. The predicted octanol–water partition coefficient (Wildman–Crippen LogP) is 2.78. The summed E-state index contributed by atoms with van der Waals surface area (Å²) >= 11 is 0. The molecule has 0 unspecified atom stereocenters. The van der Waals surface area contributed by atoms with E-state index in [1.54, 1.807) is 0 Å². The van der Waals surface area contributed by atoms with Crippen LogP contribution in [0.4, 0.5) is 0 Å². The number of hydrogen-bond acceptors (Lipinski definition) is 5. The average molecular weight is 283 g/mol. The fourth-order valence-electron chi connectivity index (χ4n) is 2.12. The number of carbonyl (C=O) groups is 1. The van der Waals surface area contributed by atoms with E-state index in [1.807, 2.05) is 27.7 Å². The highest BCUT2D eigenvalue weighted by atomic mass is 16.5. The number of carbonyl (C=O) groups excluding carboxylic acids is 3. The topological polar surface area (TPSA) is 72.8 Å². The maximum Gasteiger partial charge on any atom is 0.373 e. The second-order valence-electron chi connectivity index (χ2n) is 5.50. The van der Waals surface area contributed by atoms with Crippen molar-refractivity contribution in [1.82, 2.24) is 0 Å². The Labute approximate surface area is 120 Å². The molecule has 20 heavy (non-hydrogen) atoms. The van der Waals surface area contributed by atoms with Gasteiger partial charge in [0, 0.05) is 5.92 Å². The molecule has 0 aliphatic heterocycles. The first-order chi connectivity index (χ1) is 9.42. The Morgan fingerprint density at radius 2 is 1.60 bits per heavy atom. The van der Waals surface area contributed by atoms with E-state index >= 15 is 0 Å². The highest BCUT2D eigenvalue weighted by Crippen LogP contribution is 2.21. The summed E-state index contributed by atoms with van der Waals surface area (Å²) in [5.74, 6) is -0.0938. The van der Waals surface area contributed by atoms with Crippen LogP contribution in [0.15, 0.2) is 4.99 Å². The number of hydrogen-bond donors (Lipinski definition) is 0. The summed E-state index contributed by atoms with van der Waals surface area (Å²) in [6.07, 6.45) is 6.19. The van der Waals surface area contributed by atoms with E-state index in [0.29, 0.717) is 11.8 Å². The van der Waals surface area contributed by atoms with E-state index in [9.17, 15) is 4.79 Å². The van der Waals surface area contributed by atoms with Gasteiger partial charge in [-0.3, -0.25) is 4.99 Å². The normalized spacial score (nSPS) is 16.4. The lowest BCUT2D eigenvalue weighted by Crippen LogP contribution is -2.27. The second kappa shape index (κ2) is 10.3. The molecule has 0 aromatic heterocycles. The van der Waals surface area contributed by atoms with Gasteiger partial charge in [0.25, 0.3) is 0 Å². The van der Waals surface area contributed by atoms with Crippen molar-refractivity contribution in [3.8, 4) is 0 Å².